The van der Waals surface area contributed by atoms with Crippen LogP contribution in [0.15, 0.2) is 18.2 Å². The molecule has 9 heteroatoms. The predicted molar refractivity (Wildman–Crippen MR) is 78.7 cm³/mol. The minimum absolute atomic E-state index is 0. The number of alkyl halides is 3. The van der Waals surface area contributed by atoms with Gasteiger partial charge in [0.05, 0.1) is 6.42 Å². The first-order chi connectivity index (χ1) is 9.38. The summed E-state index contributed by atoms with van der Waals surface area (Å²) < 4.78 is 65.7. The van der Waals surface area contributed by atoms with Crippen molar-refractivity contribution < 1.29 is 22.0 Å². The average molecular weight is 367 g/mol. The molecule has 2 rings (SSSR count). The van der Waals surface area contributed by atoms with Crippen molar-refractivity contribution in [1.82, 2.24) is 10.2 Å². The van der Waals surface area contributed by atoms with Crippen LogP contribution in [0.1, 0.15) is 18.0 Å². The molecule has 1 aromatic carbocycles. The zero-order chi connectivity index (χ0) is 14.8. The Morgan fingerprint density at radius 3 is 2.00 bits per heavy atom. The summed E-state index contributed by atoms with van der Waals surface area (Å²) in [5.41, 5.74) is -0.494. The van der Waals surface area contributed by atoms with Crippen molar-refractivity contribution in [3.8, 4) is 0 Å². The molecule has 0 unspecified atom stereocenters. The maximum atomic E-state index is 13.8. The Morgan fingerprint density at radius 2 is 1.55 bits per heavy atom. The average Bonchev–Trinajstić information content (AvgIpc) is 2.37. The van der Waals surface area contributed by atoms with E-state index in [-0.39, 0.29) is 24.8 Å². The molecule has 1 aromatic rings. The highest BCUT2D eigenvalue weighted by Gasteiger charge is 2.38. The maximum absolute atomic E-state index is 13.8. The molecule has 1 heterocycles. The van der Waals surface area contributed by atoms with Crippen LogP contribution in [-0.2, 0) is 0 Å². The lowest BCUT2D eigenvalue weighted by Crippen LogP contribution is -2.46. The Bertz CT molecular complexity index is 444. The molecular formula is C13H17Cl2F5N2. The number of piperazine rings is 1. The SMILES string of the molecule is Cl.Cl.Fc1cccc(F)c1[C@H](CC(F)(F)F)N1CCNCC1. The number of hydrogen-bond donors (Lipinski definition) is 1. The van der Waals surface area contributed by atoms with Gasteiger partial charge in [0.2, 0.25) is 0 Å². The zero-order valence-electron chi connectivity index (χ0n) is 11.5. The summed E-state index contributed by atoms with van der Waals surface area (Å²) in [5.74, 6) is -1.87. The number of nitrogens with one attached hydrogen (secondary N) is 1. The number of nitrogens with zero attached hydrogens (tertiary/aromatic N) is 1. The van der Waals surface area contributed by atoms with Gasteiger partial charge in [-0.05, 0) is 12.1 Å². The summed E-state index contributed by atoms with van der Waals surface area (Å²) in [5, 5.41) is 3.00. The topological polar surface area (TPSA) is 15.3 Å². The van der Waals surface area contributed by atoms with Gasteiger partial charge >= 0.3 is 6.18 Å². The van der Waals surface area contributed by atoms with E-state index in [4.69, 9.17) is 0 Å². The third-order valence-electron chi connectivity index (χ3n) is 3.35. The monoisotopic (exact) mass is 366 g/mol. The molecule has 0 saturated carbocycles. The van der Waals surface area contributed by atoms with Crippen LogP contribution < -0.4 is 5.32 Å². The molecule has 0 aromatic heterocycles. The highest BCUT2D eigenvalue weighted by molar-refractivity contribution is 5.85. The molecule has 0 bridgehead atoms. The molecular weight excluding hydrogens is 350 g/mol. The van der Waals surface area contributed by atoms with Crippen molar-refractivity contribution in [3.05, 3.63) is 35.4 Å². The van der Waals surface area contributed by atoms with E-state index >= 15 is 0 Å². The smallest absolute Gasteiger partial charge is 0.314 e. The molecule has 22 heavy (non-hydrogen) atoms. The van der Waals surface area contributed by atoms with Crippen LogP contribution in [0, 0.1) is 11.6 Å². The van der Waals surface area contributed by atoms with Crippen molar-refractivity contribution in [2.45, 2.75) is 18.6 Å². The molecule has 0 aliphatic carbocycles. The minimum atomic E-state index is -4.48. The molecule has 1 atom stereocenters. The lowest BCUT2D eigenvalue weighted by atomic mass is 9.99. The lowest BCUT2D eigenvalue weighted by molar-refractivity contribution is -0.149. The summed E-state index contributed by atoms with van der Waals surface area (Å²) >= 11 is 0. The quantitative estimate of drug-likeness (QED) is 0.820. The lowest BCUT2D eigenvalue weighted by Gasteiger charge is -2.35. The standard InChI is InChI=1S/C13H15F5N2.2ClH/c14-9-2-1-3-10(15)12(9)11(8-13(16,17)18)20-6-4-19-5-7-20;;/h1-3,11,19H,4-8H2;2*1H/t11-;;/m0../s1. The minimum Gasteiger partial charge on any atom is -0.314 e. The first kappa shape index (κ1) is 21.4. The van der Waals surface area contributed by atoms with E-state index in [2.05, 4.69) is 5.32 Å². The number of halogens is 7. The fraction of sp³-hybridized carbons (Fsp3) is 0.538. The van der Waals surface area contributed by atoms with Crippen LogP contribution in [-0.4, -0.2) is 37.3 Å². The second-order valence-corrected chi connectivity index (χ2v) is 4.76. The summed E-state index contributed by atoms with van der Waals surface area (Å²) in [4.78, 5) is 1.48. The molecule has 2 nitrogen and oxygen atoms in total. The van der Waals surface area contributed by atoms with Gasteiger partial charge in [0.25, 0.3) is 0 Å². The van der Waals surface area contributed by atoms with Crippen LogP contribution in [0.2, 0.25) is 0 Å². The number of benzene rings is 1. The third-order valence-corrected chi connectivity index (χ3v) is 3.35. The van der Waals surface area contributed by atoms with Crippen LogP contribution in [0.4, 0.5) is 22.0 Å². The fourth-order valence-electron chi connectivity index (χ4n) is 2.46. The third kappa shape index (κ3) is 5.53. The van der Waals surface area contributed by atoms with Gasteiger partial charge in [0.1, 0.15) is 11.6 Å². The molecule has 0 amide bonds. The Hall–Kier alpha value is -0.630. The summed E-state index contributed by atoms with van der Waals surface area (Å²) in [7, 11) is 0. The fourth-order valence-corrected chi connectivity index (χ4v) is 2.46. The largest absolute Gasteiger partial charge is 0.390 e. The van der Waals surface area contributed by atoms with E-state index in [1.165, 1.54) is 4.90 Å². The molecule has 128 valence electrons. The van der Waals surface area contributed by atoms with Gasteiger partial charge in [-0.25, -0.2) is 8.78 Å². The molecule has 1 N–H and O–H groups in total. The molecule has 1 fully saturated rings. The molecule has 1 aliphatic rings. The van der Waals surface area contributed by atoms with E-state index in [1.807, 2.05) is 0 Å². The summed E-state index contributed by atoms with van der Waals surface area (Å²) in [6, 6.07) is 1.81. The highest BCUT2D eigenvalue weighted by atomic mass is 35.5. The molecule has 1 aliphatic heterocycles. The Labute approximate surface area is 137 Å². The molecule has 0 radical (unpaired) electrons. The van der Waals surface area contributed by atoms with Gasteiger partial charge < -0.3 is 5.32 Å². The Balaban J connectivity index is 0.00000220. The second kappa shape index (κ2) is 8.86. The number of hydrogen-bond acceptors (Lipinski definition) is 2. The van der Waals surface area contributed by atoms with Gasteiger partial charge in [0.15, 0.2) is 0 Å². The summed E-state index contributed by atoms with van der Waals surface area (Å²) in [6.45, 7) is 1.66. The van der Waals surface area contributed by atoms with E-state index in [0.29, 0.717) is 26.2 Å². The van der Waals surface area contributed by atoms with Crippen LogP contribution in [0.3, 0.4) is 0 Å². The van der Waals surface area contributed by atoms with E-state index in [1.54, 1.807) is 0 Å². The van der Waals surface area contributed by atoms with Crippen molar-refractivity contribution in [2.75, 3.05) is 26.2 Å². The van der Waals surface area contributed by atoms with Crippen molar-refractivity contribution in [3.63, 3.8) is 0 Å². The first-order valence-corrected chi connectivity index (χ1v) is 6.34. The highest BCUT2D eigenvalue weighted by Crippen LogP contribution is 2.36. The van der Waals surface area contributed by atoms with Crippen molar-refractivity contribution >= 4 is 24.8 Å². The van der Waals surface area contributed by atoms with Gasteiger partial charge in [-0.1, -0.05) is 6.07 Å². The maximum Gasteiger partial charge on any atom is 0.390 e. The predicted octanol–water partition coefficient (Wildman–Crippen LogP) is 3.71. The van der Waals surface area contributed by atoms with Crippen molar-refractivity contribution in [2.24, 2.45) is 0 Å². The number of rotatable bonds is 3. The van der Waals surface area contributed by atoms with Crippen molar-refractivity contribution in [1.29, 1.82) is 0 Å². The van der Waals surface area contributed by atoms with Gasteiger partial charge in [-0.2, -0.15) is 13.2 Å². The van der Waals surface area contributed by atoms with E-state index < -0.39 is 35.8 Å². The van der Waals surface area contributed by atoms with Crippen LogP contribution in [0.5, 0.6) is 0 Å². The Kier molecular flexibility index (Phi) is 8.61. The zero-order valence-corrected chi connectivity index (χ0v) is 13.1. The summed E-state index contributed by atoms with van der Waals surface area (Å²) in [6.07, 6.45) is -5.74. The first-order valence-electron chi connectivity index (χ1n) is 6.34. The van der Waals surface area contributed by atoms with Gasteiger partial charge in [-0.3, -0.25) is 4.90 Å². The van der Waals surface area contributed by atoms with E-state index in [9.17, 15) is 22.0 Å². The van der Waals surface area contributed by atoms with E-state index in [0.717, 1.165) is 18.2 Å². The normalized spacial score (nSPS) is 17.3. The van der Waals surface area contributed by atoms with Gasteiger partial charge in [0, 0.05) is 37.8 Å². The Morgan fingerprint density at radius 1 is 1.05 bits per heavy atom. The molecule has 1 saturated heterocycles. The molecule has 0 spiro atoms. The second-order valence-electron chi connectivity index (χ2n) is 4.76. The van der Waals surface area contributed by atoms with Crippen LogP contribution >= 0.6 is 24.8 Å². The van der Waals surface area contributed by atoms with Gasteiger partial charge in [-0.15, -0.1) is 24.8 Å². The van der Waals surface area contributed by atoms with Crippen LogP contribution in [0.25, 0.3) is 0 Å².